The van der Waals surface area contributed by atoms with Crippen LogP contribution in [0.25, 0.3) is 0 Å². The minimum atomic E-state index is -2.12. The van der Waals surface area contributed by atoms with Crippen molar-refractivity contribution in [2.45, 2.75) is 10.8 Å². The van der Waals surface area contributed by atoms with E-state index in [0.717, 1.165) is 11.5 Å². The van der Waals surface area contributed by atoms with Crippen LogP contribution in [0, 0.1) is 17.5 Å². The molecular weight excluding hydrogens is 323 g/mol. The Morgan fingerprint density at radius 1 is 1.26 bits per heavy atom. The maximum absolute atomic E-state index is 13.4. The maximum atomic E-state index is 13.4. The molecule has 0 amide bonds. The number of hydrogen-bond acceptors (Lipinski definition) is 4. The number of benzene rings is 1. The van der Waals surface area contributed by atoms with Crippen LogP contribution in [-0.4, -0.2) is 13.6 Å². The molecule has 1 aromatic carbocycles. The lowest BCUT2D eigenvalue weighted by Gasteiger charge is -2.04. The molecule has 0 aliphatic carbocycles. The first kappa shape index (κ1) is 14.2. The summed E-state index contributed by atoms with van der Waals surface area (Å²) in [5.41, 5.74) is 0. The molecule has 1 unspecified atom stereocenters. The molecular formula is C9H5ClF3N3OS2. The van der Waals surface area contributed by atoms with Gasteiger partial charge in [0.25, 0.3) is 0 Å². The van der Waals surface area contributed by atoms with Crippen LogP contribution in [0.15, 0.2) is 17.0 Å². The Kier molecular flexibility index (Phi) is 4.38. The third kappa shape index (κ3) is 3.23. The quantitative estimate of drug-likeness (QED) is 0.694. The van der Waals surface area contributed by atoms with Crippen molar-refractivity contribution in [3.8, 4) is 0 Å². The molecule has 1 heterocycles. The minimum Gasteiger partial charge on any atom is -0.275 e. The molecule has 0 radical (unpaired) electrons. The van der Waals surface area contributed by atoms with Gasteiger partial charge in [-0.05, 0) is 6.07 Å². The molecule has 102 valence electrons. The van der Waals surface area contributed by atoms with E-state index in [2.05, 4.69) is 14.1 Å². The molecule has 10 heteroatoms. The van der Waals surface area contributed by atoms with Gasteiger partial charge in [-0.2, -0.15) is 4.37 Å². The zero-order valence-corrected chi connectivity index (χ0v) is 11.4. The van der Waals surface area contributed by atoms with Crippen LogP contribution in [0.4, 0.5) is 18.3 Å². The van der Waals surface area contributed by atoms with Gasteiger partial charge in [0.1, 0.15) is 5.82 Å². The lowest BCUT2D eigenvalue weighted by atomic mass is 10.3. The average molecular weight is 328 g/mol. The highest BCUT2D eigenvalue weighted by Gasteiger charge is 2.16. The molecule has 0 spiro atoms. The number of aromatic nitrogens is 2. The topological polar surface area (TPSA) is 54.9 Å². The SMILES string of the molecule is O=S(Nc1nc(CCl)ns1)c1cc(F)c(F)cc1F. The van der Waals surface area contributed by atoms with Crippen molar-refractivity contribution in [2.24, 2.45) is 0 Å². The largest absolute Gasteiger partial charge is 0.275 e. The van der Waals surface area contributed by atoms with Crippen LogP contribution < -0.4 is 4.72 Å². The summed E-state index contributed by atoms with van der Waals surface area (Å²) in [5.74, 6) is -3.36. The van der Waals surface area contributed by atoms with Crippen molar-refractivity contribution in [3.63, 3.8) is 0 Å². The van der Waals surface area contributed by atoms with Crippen molar-refractivity contribution in [1.82, 2.24) is 9.36 Å². The highest BCUT2D eigenvalue weighted by Crippen LogP contribution is 2.20. The summed E-state index contributed by atoms with van der Waals surface area (Å²) in [4.78, 5) is 3.33. The molecule has 19 heavy (non-hydrogen) atoms. The number of nitrogens with zero attached hydrogens (tertiary/aromatic N) is 2. The fourth-order valence-electron chi connectivity index (χ4n) is 1.13. The van der Waals surface area contributed by atoms with Gasteiger partial charge in [0.2, 0.25) is 5.13 Å². The van der Waals surface area contributed by atoms with Crippen molar-refractivity contribution in [2.75, 3.05) is 4.72 Å². The molecule has 1 N–H and O–H groups in total. The smallest absolute Gasteiger partial charge is 0.214 e. The Labute approximate surface area is 117 Å². The molecule has 2 aromatic rings. The molecule has 0 saturated carbocycles. The normalized spacial score (nSPS) is 12.4. The molecule has 1 atom stereocenters. The molecule has 4 nitrogen and oxygen atoms in total. The van der Waals surface area contributed by atoms with Gasteiger partial charge in [-0.1, -0.05) is 0 Å². The van der Waals surface area contributed by atoms with Gasteiger partial charge in [-0.3, -0.25) is 4.72 Å². The molecule has 0 fully saturated rings. The molecule has 2 rings (SSSR count). The number of rotatable bonds is 4. The fraction of sp³-hybridized carbons (Fsp3) is 0.111. The van der Waals surface area contributed by atoms with E-state index in [-0.39, 0.29) is 11.0 Å². The summed E-state index contributed by atoms with van der Waals surface area (Å²) in [5, 5.41) is 0.137. The van der Waals surface area contributed by atoms with E-state index in [1.54, 1.807) is 0 Å². The van der Waals surface area contributed by atoms with Gasteiger partial charge < -0.3 is 0 Å². The highest BCUT2D eigenvalue weighted by molar-refractivity contribution is 7.86. The van der Waals surface area contributed by atoms with Crippen LogP contribution in [-0.2, 0) is 16.9 Å². The zero-order chi connectivity index (χ0) is 14.0. The zero-order valence-electron chi connectivity index (χ0n) is 8.99. The van der Waals surface area contributed by atoms with Crippen LogP contribution >= 0.6 is 23.1 Å². The van der Waals surface area contributed by atoms with Gasteiger partial charge in [0.15, 0.2) is 28.4 Å². The van der Waals surface area contributed by atoms with Gasteiger partial charge in [-0.25, -0.2) is 22.4 Å². The Morgan fingerprint density at radius 2 is 1.95 bits per heavy atom. The summed E-state index contributed by atoms with van der Waals surface area (Å²) < 4.78 is 57.0. The number of nitrogens with one attached hydrogen (secondary N) is 1. The Morgan fingerprint density at radius 3 is 2.58 bits per heavy atom. The Balaban J connectivity index is 2.22. The predicted molar refractivity (Wildman–Crippen MR) is 65.8 cm³/mol. The van der Waals surface area contributed by atoms with Crippen LogP contribution in [0.3, 0.4) is 0 Å². The van der Waals surface area contributed by atoms with E-state index in [1.807, 2.05) is 0 Å². The van der Waals surface area contributed by atoms with E-state index >= 15 is 0 Å². The van der Waals surface area contributed by atoms with Crippen LogP contribution in [0.5, 0.6) is 0 Å². The lowest BCUT2D eigenvalue weighted by Crippen LogP contribution is -2.08. The van der Waals surface area contributed by atoms with Gasteiger partial charge >= 0.3 is 0 Å². The third-order valence-corrected chi connectivity index (χ3v) is 4.07. The van der Waals surface area contributed by atoms with Crippen molar-refractivity contribution in [3.05, 3.63) is 35.4 Å². The highest BCUT2D eigenvalue weighted by atomic mass is 35.5. The Hall–Kier alpha value is -1.19. The summed E-state index contributed by atoms with van der Waals surface area (Å²) in [7, 11) is -2.12. The second kappa shape index (κ2) is 5.85. The molecule has 0 bridgehead atoms. The number of hydrogen-bond donors (Lipinski definition) is 1. The first-order chi connectivity index (χ1) is 9.01. The van der Waals surface area contributed by atoms with Crippen molar-refractivity contribution >= 4 is 39.3 Å². The molecule has 0 aliphatic heterocycles. The number of alkyl halides is 1. The predicted octanol–water partition coefficient (Wildman–Crippen LogP) is 2.83. The van der Waals surface area contributed by atoms with E-state index in [9.17, 15) is 17.4 Å². The van der Waals surface area contributed by atoms with E-state index < -0.39 is 33.3 Å². The summed E-state index contributed by atoms with van der Waals surface area (Å²) >= 11 is 6.35. The molecule has 1 aromatic heterocycles. The maximum Gasteiger partial charge on any atom is 0.214 e. The van der Waals surface area contributed by atoms with Gasteiger partial charge in [0, 0.05) is 17.6 Å². The summed E-state index contributed by atoms with van der Waals surface area (Å²) in [6.45, 7) is 0. The van der Waals surface area contributed by atoms with Gasteiger partial charge in [-0.15, -0.1) is 11.6 Å². The van der Waals surface area contributed by atoms with E-state index in [0.29, 0.717) is 18.0 Å². The first-order valence-corrected chi connectivity index (χ1v) is 7.18. The van der Waals surface area contributed by atoms with Crippen LogP contribution in [0.2, 0.25) is 0 Å². The standard InChI is InChI=1S/C9H5ClF3N3OS2/c10-3-8-14-9(18-15-8)16-19(17)7-2-5(12)4(11)1-6(7)13/h1-2H,3H2,(H,14,15,16). The average Bonchev–Trinajstić information content (AvgIpc) is 2.81. The lowest BCUT2D eigenvalue weighted by molar-refractivity contribution is 0.485. The summed E-state index contributed by atoms with van der Waals surface area (Å²) in [6.07, 6.45) is 0. The van der Waals surface area contributed by atoms with E-state index in [4.69, 9.17) is 11.6 Å². The second-order valence-corrected chi connectivity index (χ2v) is 5.42. The second-order valence-electron chi connectivity index (χ2n) is 3.22. The summed E-state index contributed by atoms with van der Waals surface area (Å²) in [6, 6.07) is 0.853. The molecule has 0 saturated heterocycles. The third-order valence-electron chi connectivity index (χ3n) is 1.94. The minimum absolute atomic E-state index is 0.0738. The number of anilines is 1. The molecule has 0 aliphatic rings. The van der Waals surface area contributed by atoms with Crippen molar-refractivity contribution in [1.29, 1.82) is 0 Å². The fourth-order valence-corrected chi connectivity index (χ4v) is 2.90. The van der Waals surface area contributed by atoms with Crippen molar-refractivity contribution < 1.29 is 17.4 Å². The number of halogens is 4. The monoisotopic (exact) mass is 327 g/mol. The van der Waals surface area contributed by atoms with Crippen LogP contribution in [0.1, 0.15) is 5.82 Å². The first-order valence-electron chi connectivity index (χ1n) is 4.72. The van der Waals surface area contributed by atoms with Gasteiger partial charge in [0.05, 0.1) is 10.8 Å². The van der Waals surface area contributed by atoms with E-state index in [1.165, 1.54) is 0 Å². The Bertz CT molecular complexity index is 637.